The molecule has 132 valence electrons. The van der Waals surface area contributed by atoms with Crippen molar-refractivity contribution in [3.63, 3.8) is 0 Å². The van der Waals surface area contributed by atoms with E-state index in [4.69, 9.17) is 4.74 Å². The largest absolute Gasteiger partial charge is 0.480 e. The number of benzene rings is 1. The van der Waals surface area contributed by atoms with Crippen LogP contribution in [-0.4, -0.2) is 31.0 Å². The molecule has 8 heteroatoms. The van der Waals surface area contributed by atoms with E-state index in [0.29, 0.717) is 0 Å². The lowest BCUT2D eigenvalue weighted by molar-refractivity contribution is -0.140. The van der Waals surface area contributed by atoms with E-state index in [0.717, 1.165) is 18.9 Å². The normalized spacial score (nSPS) is 15.5. The summed E-state index contributed by atoms with van der Waals surface area (Å²) in [5.41, 5.74) is -0.929. The topological polar surface area (TPSA) is 67.4 Å². The Hall–Kier alpha value is -2.25. The predicted octanol–water partition coefficient (Wildman–Crippen LogP) is 2.12. The Morgan fingerprint density at radius 2 is 1.83 bits per heavy atom. The Morgan fingerprint density at radius 1 is 1.21 bits per heavy atom. The van der Waals surface area contributed by atoms with Gasteiger partial charge in [0.15, 0.2) is 6.10 Å². The van der Waals surface area contributed by atoms with E-state index in [9.17, 15) is 22.8 Å². The first kappa shape index (κ1) is 18.1. The van der Waals surface area contributed by atoms with Gasteiger partial charge in [0.05, 0.1) is 5.56 Å². The summed E-state index contributed by atoms with van der Waals surface area (Å²) in [6.45, 7) is 1.82. The molecular weight excluding hydrogens is 325 g/mol. The molecule has 0 aliphatic heterocycles. The highest BCUT2D eigenvalue weighted by Gasteiger charge is 2.34. The molecule has 0 bridgehead atoms. The van der Waals surface area contributed by atoms with Crippen LogP contribution in [0, 0.1) is 5.92 Å². The fourth-order valence-corrected chi connectivity index (χ4v) is 2.05. The molecule has 2 N–H and O–H groups in total. The third-order valence-corrected chi connectivity index (χ3v) is 3.54. The van der Waals surface area contributed by atoms with Crippen LogP contribution in [0.4, 0.5) is 13.2 Å². The lowest BCUT2D eigenvalue weighted by Gasteiger charge is -2.18. The highest BCUT2D eigenvalue weighted by atomic mass is 19.4. The van der Waals surface area contributed by atoms with E-state index >= 15 is 0 Å². The number of para-hydroxylation sites is 1. The van der Waals surface area contributed by atoms with Crippen molar-refractivity contribution in [1.29, 1.82) is 0 Å². The number of hydrogen-bond donors (Lipinski definition) is 2. The molecule has 24 heavy (non-hydrogen) atoms. The Morgan fingerprint density at radius 3 is 2.46 bits per heavy atom. The molecule has 0 radical (unpaired) electrons. The van der Waals surface area contributed by atoms with Crippen molar-refractivity contribution >= 4 is 11.8 Å². The van der Waals surface area contributed by atoms with Gasteiger partial charge in [0.2, 0.25) is 5.91 Å². The first-order chi connectivity index (χ1) is 11.3. The zero-order valence-corrected chi connectivity index (χ0v) is 13.2. The predicted molar refractivity (Wildman–Crippen MR) is 80.3 cm³/mol. The molecule has 1 saturated carbocycles. The molecule has 5 nitrogen and oxygen atoms in total. The first-order valence-corrected chi connectivity index (χ1v) is 7.67. The Bertz CT molecular complexity index is 600. The van der Waals surface area contributed by atoms with Crippen molar-refractivity contribution in [3.05, 3.63) is 29.8 Å². The number of ether oxygens (including phenoxy) is 1. The summed E-state index contributed by atoms with van der Waals surface area (Å²) in [6, 6.07) is 4.72. The number of amides is 2. The summed E-state index contributed by atoms with van der Waals surface area (Å²) in [5, 5.41) is 5.19. The summed E-state index contributed by atoms with van der Waals surface area (Å²) in [4.78, 5) is 23.3. The van der Waals surface area contributed by atoms with Crippen molar-refractivity contribution in [2.45, 2.75) is 32.0 Å². The lowest BCUT2D eigenvalue weighted by atomic mass is 10.2. The van der Waals surface area contributed by atoms with Gasteiger partial charge in [-0.2, -0.15) is 13.2 Å². The van der Waals surface area contributed by atoms with E-state index in [1.807, 2.05) is 0 Å². The van der Waals surface area contributed by atoms with Crippen LogP contribution in [0.3, 0.4) is 0 Å². The minimum absolute atomic E-state index is 0.0346. The van der Waals surface area contributed by atoms with Gasteiger partial charge in [-0.15, -0.1) is 0 Å². The minimum atomic E-state index is -4.56. The molecule has 2 rings (SSSR count). The van der Waals surface area contributed by atoms with Gasteiger partial charge in [0, 0.05) is 19.0 Å². The lowest BCUT2D eigenvalue weighted by Crippen LogP contribution is -2.41. The summed E-state index contributed by atoms with van der Waals surface area (Å²) in [5.74, 6) is -0.892. The molecule has 2 amide bonds. The Balaban J connectivity index is 1.80. The maximum absolute atomic E-state index is 12.9. The zero-order valence-electron chi connectivity index (χ0n) is 13.2. The van der Waals surface area contributed by atoms with Gasteiger partial charge < -0.3 is 15.4 Å². The molecule has 0 heterocycles. The molecule has 1 fully saturated rings. The molecule has 0 saturated heterocycles. The maximum atomic E-state index is 12.9. The second-order valence-corrected chi connectivity index (χ2v) is 5.61. The number of rotatable bonds is 7. The van der Waals surface area contributed by atoms with Crippen molar-refractivity contribution < 1.29 is 27.5 Å². The minimum Gasteiger partial charge on any atom is -0.480 e. The van der Waals surface area contributed by atoms with Crippen LogP contribution < -0.4 is 15.4 Å². The summed E-state index contributed by atoms with van der Waals surface area (Å²) >= 11 is 0. The first-order valence-electron chi connectivity index (χ1n) is 7.67. The Kier molecular flexibility index (Phi) is 5.69. The van der Waals surface area contributed by atoms with E-state index in [-0.39, 0.29) is 24.9 Å². The average Bonchev–Trinajstić information content (AvgIpc) is 3.35. The van der Waals surface area contributed by atoms with Crippen LogP contribution in [0.1, 0.15) is 25.3 Å². The van der Waals surface area contributed by atoms with E-state index < -0.39 is 29.5 Å². The molecular formula is C16H19F3N2O3. The number of halogens is 3. The zero-order chi connectivity index (χ0) is 17.7. The number of carbonyl (C=O) groups excluding carboxylic acids is 2. The number of nitrogens with one attached hydrogen (secondary N) is 2. The average molecular weight is 344 g/mol. The van der Waals surface area contributed by atoms with Gasteiger partial charge in [-0.3, -0.25) is 9.59 Å². The van der Waals surface area contributed by atoms with Crippen LogP contribution in [0.15, 0.2) is 24.3 Å². The van der Waals surface area contributed by atoms with Crippen molar-refractivity contribution in [1.82, 2.24) is 10.6 Å². The quantitative estimate of drug-likeness (QED) is 0.745. The van der Waals surface area contributed by atoms with Crippen LogP contribution in [-0.2, 0) is 15.8 Å². The molecule has 1 aliphatic rings. The number of alkyl halides is 3. The van der Waals surface area contributed by atoms with Crippen molar-refractivity contribution in [3.8, 4) is 5.75 Å². The molecule has 1 atom stereocenters. The van der Waals surface area contributed by atoms with E-state index in [1.165, 1.54) is 25.1 Å². The van der Waals surface area contributed by atoms with Crippen LogP contribution >= 0.6 is 0 Å². The second-order valence-electron chi connectivity index (χ2n) is 5.61. The summed E-state index contributed by atoms with van der Waals surface area (Å²) in [7, 11) is 0. The fraction of sp³-hybridized carbons (Fsp3) is 0.500. The Labute approximate surface area is 137 Å². The summed E-state index contributed by atoms with van der Waals surface area (Å²) < 4.78 is 43.8. The van der Waals surface area contributed by atoms with E-state index in [1.54, 1.807) is 0 Å². The fourth-order valence-electron chi connectivity index (χ4n) is 2.05. The van der Waals surface area contributed by atoms with Gasteiger partial charge in [0.25, 0.3) is 5.91 Å². The molecule has 0 aromatic heterocycles. The molecule has 1 aliphatic carbocycles. The highest BCUT2D eigenvalue weighted by Crippen LogP contribution is 2.36. The smallest absolute Gasteiger partial charge is 0.419 e. The van der Waals surface area contributed by atoms with Crippen molar-refractivity contribution in [2.24, 2.45) is 5.92 Å². The molecule has 0 spiro atoms. The van der Waals surface area contributed by atoms with Crippen LogP contribution in [0.2, 0.25) is 0 Å². The molecule has 0 unspecified atom stereocenters. The van der Waals surface area contributed by atoms with Crippen molar-refractivity contribution in [2.75, 3.05) is 13.1 Å². The van der Waals surface area contributed by atoms with Gasteiger partial charge in [-0.05, 0) is 31.9 Å². The molecule has 1 aromatic rings. The third-order valence-electron chi connectivity index (χ3n) is 3.54. The third kappa shape index (κ3) is 5.14. The SMILES string of the molecule is C[C@@H](Oc1ccccc1C(F)(F)F)C(=O)NCCNC(=O)C1CC1. The highest BCUT2D eigenvalue weighted by molar-refractivity contribution is 5.82. The second kappa shape index (κ2) is 7.55. The standard InChI is InChI=1S/C16H19F3N2O3/c1-10(14(22)20-8-9-21-15(23)11-6-7-11)24-13-5-3-2-4-12(13)16(17,18)19/h2-5,10-11H,6-9H2,1H3,(H,20,22)(H,21,23)/t10-/m1/s1. The molecule has 1 aromatic carbocycles. The summed E-state index contributed by atoms with van der Waals surface area (Å²) in [6.07, 6.45) is -3.86. The van der Waals surface area contributed by atoms with Gasteiger partial charge >= 0.3 is 6.18 Å². The van der Waals surface area contributed by atoms with Crippen LogP contribution in [0.25, 0.3) is 0 Å². The van der Waals surface area contributed by atoms with Crippen LogP contribution in [0.5, 0.6) is 5.75 Å². The monoisotopic (exact) mass is 344 g/mol. The van der Waals surface area contributed by atoms with Gasteiger partial charge in [-0.25, -0.2) is 0 Å². The maximum Gasteiger partial charge on any atom is 0.419 e. The van der Waals surface area contributed by atoms with Gasteiger partial charge in [0.1, 0.15) is 5.75 Å². The van der Waals surface area contributed by atoms with E-state index in [2.05, 4.69) is 10.6 Å². The van der Waals surface area contributed by atoms with Gasteiger partial charge in [-0.1, -0.05) is 12.1 Å². The number of carbonyl (C=O) groups is 2. The number of hydrogen-bond acceptors (Lipinski definition) is 3.